The number of hydrogen-bond acceptors (Lipinski definition) is 2. The number of hydrogen-bond donors (Lipinski definition) is 0. The van der Waals surface area contributed by atoms with Gasteiger partial charge in [-0.3, -0.25) is 4.79 Å². The molecule has 4 heteroatoms. The first-order chi connectivity index (χ1) is 8.79. The molecule has 0 unspecified atom stereocenters. The maximum Gasteiger partial charge on any atom is 0.254 e. The van der Waals surface area contributed by atoms with Gasteiger partial charge in [0.2, 0.25) is 0 Å². The molecule has 0 saturated heterocycles. The maximum absolute atomic E-state index is 12.5. The zero-order valence-corrected chi connectivity index (χ0v) is 11.8. The summed E-state index contributed by atoms with van der Waals surface area (Å²) in [6.45, 7) is 1.53. The molecule has 1 fully saturated rings. The Labute approximate surface area is 115 Å². The number of fused-ring (bicyclic) bond motifs is 1. The summed E-state index contributed by atoms with van der Waals surface area (Å²) >= 11 is 3.42. The molecule has 1 aliphatic carbocycles. The van der Waals surface area contributed by atoms with Gasteiger partial charge in [0.1, 0.15) is 5.75 Å². The molecule has 1 amide bonds. The minimum Gasteiger partial charge on any atom is -0.493 e. The van der Waals surface area contributed by atoms with E-state index in [4.69, 9.17) is 4.74 Å². The van der Waals surface area contributed by atoms with E-state index in [-0.39, 0.29) is 5.91 Å². The molecule has 96 valence electrons. The summed E-state index contributed by atoms with van der Waals surface area (Å²) in [5, 5.41) is 0.837. The van der Waals surface area contributed by atoms with E-state index in [1.807, 2.05) is 23.1 Å². The van der Waals surface area contributed by atoms with Crippen LogP contribution in [-0.2, 0) is 6.42 Å². The highest BCUT2D eigenvalue weighted by molar-refractivity contribution is 9.09. The van der Waals surface area contributed by atoms with Crippen molar-refractivity contribution >= 4 is 21.8 Å². The predicted octanol–water partition coefficient (Wildman–Crippen LogP) is 2.62. The highest BCUT2D eigenvalue weighted by Gasteiger charge is 2.32. The first-order valence-electron chi connectivity index (χ1n) is 6.42. The lowest BCUT2D eigenvalue weighted by Gasteiger charge is -2.21. The van der Waals surface area contributed by atoms with Crippen LogP contribution in [0.25, 0.3) is 0 Å². The van der Waals surface area contributed by atoms with Crippen LogP contribution in [0, 0.1) is 0 Å². The number of benzene rings is 1. The Morgan fingerprint density at radius 3 is 3.00 bits per heavy atom. The SMILES string of the molecule is O=C(c1ccc2c(c1)CCO2)N(CCBr)C1CC1. The highest BCUT2D eigenvalue weighted by atomic mass is 79.9. The minimum absolute atomic E-state index is 0.159. The van der Waals surface area contributed by atoms with E-state index in [2.05, 4.69) is 15.9 Å². The van der Waals surface area contributed by atoms with Crippen LogP contribution in [-0.4, -0.2) is 35.3 Å². The van der Waals surface area contributed by atoms with Crippen molar-refractivity contribution in [2.24, 2.45) is 0 Å². The zero-order chi connectivity index (χ0) is 12.5. The number of ether oxygens (including phenoxy) is 1. The first kappa shape index (κ1) is 12.0. The van der Waals surface area contributed by atoms with Gasteiger partial charge in [0.15, 0.2) is 0 Å². The van der Waals surface area contributed by atoms with E-state index >= 15 is 0 Å². The van der Waals surface area contributed by atoms with Crippen molar-refractivity contribution in [3.63, 3.8) is 0 Å². The Bertz CT molecular complexity index is 471. The second kappa shape index (κ2) is 4.92. The van der Waals surface area contributed by atoms with Gasteiger partial charge in [-0.05, 0) is 36.6 Å². The summed E-state index contributed by atoms with van der Waals surface area (Å²) in [7, 11) is 0. The largest absolute Gasteiger partial charge is 0.493 e. The van der Waals surface area contributed by atoms with Gasteiger partial charge in [-0.2, -0.15) is 0 Å². The number of rotatable bonds is 4. The molecule has 0 radical (unpaired) electrons. The fourth-order valence-electron chi connectivity index (χ4n) is 2.41. The van der Waals surface area contributed by atoms with Gasteiger partial charge in [0.05, 0.1) is 6.61 Å². The maximum atomic E-state index is 12.5. The van der Waals surface area contributed by atoms with E-state index in [0.29, 0.717) is 6.04 Å². The number of amides is 1. The quantitative estimate of drug-likeness (QED) is 0.800. The summed E-state index contributed by atoms with van der Waals surface area (Å²) in [6.07, 6.45) is 3.21. The van der Waals surface area contributed by atoms with Crippen molar-refractivity contribution < 1.29 is 9.53 Å². The van der Waals surface area contributed by atoms with Crippen LogP contribution in [0.3, 0.4) is 0 Å². The average molecular weight is 310 g/mol. The normalized spacial score (nSPS) is 17.2. The third-order valence-corrected chi connectivity index (χ3v) is 3.86. The molecule has 3 rings (SSSR count). The lowest BCUT2D eigenvalue weighted by atomic mass is 10.1. The standard InChI is InChI=1S/C14H16BrNO2/c15-6-7-16(12-2-3-12)14(17)11-1-4-13-10(9-11)5-8-18-13/h1,4,9,12H,2-3,5-8H2. The van der Waals surface area contributed by atoms with Crippen LogP contribution in [0.2, 0.25) is 0 Å². The zero-order valence-electron chi connectivity index (χ0n) is 10.2. The van der Waals surface area contributed by atoms with Gasteiger partial charge in [-0.1, -0.05) is 15.9 Å². The molecule has 1 saturated carbocycles. The van der Waals surface area contributed by atoms with E-state index in [1.54, 1.807) is 0 Å². The molecular formula is C14H16BrNO2. The van der Waals surface area contributed by atoms with E-state index in [9.17, 15) is 4.79 Å². The Kier molecular flexibility index (Phi) is 3.29. The van der Waals surface area contributed by atoms with Crippen molar-refractivity contribution in [3.05, 3.63) is 29.3 Å². The molecule has 3 nitrogen and oxygen atoms in total. The monoisotopic (exact) mass is 309 g/mol. The van der Waals surface area contributed by atoms with E-state index in [1.165, 1.54) is 0 Å². The van der Waals surface area contributed by atoms with Gasteiger partial charge in [-0.15, -0.1) is 0 Å². The van der Waals surface area contributed by atoms with Gasteiger partial charge in [0, 0.05) is 29.9 Å². The summed E-state index contributed by atoms with van der Waals surface area (Å²) in [5.74, 6) is 1.09. The molecule has 1 aliphatic heterocycles. The Morgan fingerprint density at radius 2 is 2.28 bits per heavy atom. The van der Waals surface area contributed by atoms with E-state index in [0.717, 1.165) is 54.6 Å². The fourth-order valence-corrected chi connectivity index (χ4v) is 2.79. The molecule has 2 aliphatic rings. The lowest BCUT2D eigenvalue weighted by molar-refractivity contribution is 0.0754. The third-order valence-electron chi connectivity index (χ3n) is 3.51. The lowest BCUT2D eigenvalue weighted by Crippen LogP contribution is -2.34. The Hall–Kier alpha value is -1.03. The first-order valence-corrected chi connectivity index (χ1v) is 7.54. The van der Waals surface area contributed by atoms with Gasteiger partial charge >= 0.3 is 0 Å². The molecule has 1 heterocycles. The smallest absolute Gasteiger partial charge is 0.254 e. The molecule has 0 N–H and O–H groups in total. The number of carbonyl (C=O) groups is 1. The number of carbonyl (C=O) groups excluding carboxylic acids is 1. The predicted molar refractivity (Wildman–Crippen MR) is 73.5 cm³/mol. The van der Waals surface area contributed by atoms with Gasteiger partial charge in [-0.25, -0.2) is 0 Å². The molecule has 1 aromatic rings. The second-order valence-corrected chi connectivity index (χ2v) is 5.63. The second-order valence-electron chi connectivity index (χ2n) is 4.84. The van der Waals surface area contributed by atoms with Crippen LogP contribution >= 0.6 is 15.9 Å². The van der Waals surface area contributed by atoms with Crippen LogP contribution in [0.4, 0.5) is 0 Å². The number of alkyl halides is 1. The Balaban J connectivity index is 1.82. The fraction of sp³-hybridized carbons (Fsp3) is 0.500. The van der Waals surface area contributed by atoms with Gasteiger partial charge < -0.3 is 9.64 Å². The highest BCUT2D eigenvalue weighted by Crippen LogP contribution is 2.30. The number of halogens is 1. The molecule has 0 aromatic heterocycles. The summed E-state index contributed by atoms with van der Waals surface area (Å²) < 4.78 is 5.47. The van der Waals surface area contributed by atoms with Crippen molar-refractivity contribution in [1.82, 2.24) is 4.90 Å². The topological polar surface area (TPSA) is 29.5 Å². The van der Waals surface area contributed by atoms with Gasteiger partial charge in [0.25, 0.3) is 5.91 Å². The minimum atomic E-state index is 0.159. The summed E-state index contributed by atoms with van der Waals surface area (Å²) in [5.41, 5.74) is 1.96. The van der Waals surface area contributed by atoms with Crippen molar-refractivity contribution in [2.45, 2.75) is 25.3 Å². The summed E-state index contributed by atoms with van der Waals surface area (Å²) in [4.78, 5) is 14.5. The molecule has 0 bridgehead atoms. The third kappa shape index (κ3) is 2.26. The average Bonchev–Trinajstić information content (AvgIpc) is 3.12. The summed E-state index contributed by atoms with van der Waals surface area (Å²) in [6, 6.07) is 6.26. The molecular weight excluding hydrogens is 294 g/mol. The number of nitrogens with zero attached hydrogens (tertiary/aromatic N) is 1. The Morgan fingerprint density at radius 1 is 1.44 bits per heavy atom. The molecule has 0 atom stereocenters. The molecule has 1 aromatic carbocycles. The van der Waals surface area contributed by atoms with Crippen molar-refractivity contribution in [2.75, 3.05) is 18.5 Å². The van der Waals surface area contributed by atoms with Crippen LogP contribution in [0.15, 0.2) is 18.2 Å². The van der Waals surface area contributed by atoms with Crippen molar-refractivity contribution in [1.29, 1.82) is 0 Å². The van der Waals surface area contributed by atoms with Crippen LogP contribution < -0.4 is 4.74 Å². The molecule has 18 heavy (non-hydrogen) atoms. The van der Waals surface area contributed by atoms with Crippen LogP contribution in [0.5, 0.6) is 5.75 Å². The van der Waals surface area contributed by atoms with Crippen molar-refractivity contribution in [3.8, 4) is 5.75 Å². The van der Waals surface area contributed by atoms with E-state index < -0.39 is 0 Å². The van der Waals surface area contributed by atoms with Crippen LogP contribution in [0.1, 0.15) is 28.8 Å². The molecule has 0 spiro atoms.